The molecular weight excluding hydrogens is 253 g/mol. The van der Waals surface area contributed by atoms with Gasteiger partial charge in [0.2, 0.25) is 0 Å². The maximum Gasteiger partial charge on any atom is 0.195 e. The van der Waals surface area contributed by atoms with Gasteiger partial charge in [-0.1, -0.05) is 0 Å². The molecule has 0 spiro atoms. The molecule has 7 heteroatoms. The average molecular weight is 256 g/mol. The van der Waals surface area contributed by atoms with Gasteiger partial charge < -0.3 is 0 Å². The van der Waals surface area contributed by atoms with E-state index in [2.05, 4.69) is 0 Å². The summed E-state index contributed by atoms with van der Waals surface area (Å²) in [7, 11) is 0. The van der Waals surface area contributed by atoms with E-state index in [1.165, 1.54) is 0 Å². The molecule has 0 bridgehead atoms. The highest BCUT2D eigenvalue weighted by Crippen LogP contribution is 2.44. The molecule has 1 aromatic rings. The first-order chi connectivity index (χ1) is 7.86. The van der Waals surface area contributed by atoms with Crippen LogP contribution < -0.4 is 0 Å². The molecule has 0 N–H and O–H groups in total. The summed E-state index contributed by atoms with van der Waals surface area (Å²) in [6.07, 6.45) is -5.78. The number of benzene rings is 1. The van der Waals surface area contributed by atoms with Gasteiger partial charge in [-0.25, -0.2) is 30.7 Å². The number of hydrogen-bond donors (Lipinski definition) is 0. The minimum absolute atomic E-state index is 0.108. The van der Waals surface area contributed by atoms with E-state index in [0.29, 0.717) is 0 Å². The third-order valence-corrected chi connectivity index (χ3v) is 2.42. The van der Waals surface area contributed by atoms with E-state index in [-0.39, 0.29) is 6.07 Å². The zero-order chi connectivity index (χ0) is 12.9. The Labute approximate surface area is 90.4 Å². The van der Waals surface area contributed by atoms with E-state index in [1.54, 1.807) is 0 Å². The van der Waals surface area contributed by atoms with Crippen molar-refractivity contribution in [3.63, 3.8) is 0 Å². The van der Waals surface area contributed by atoms with Crippen LogP contribution in [0, 0.1) is 17.5 Å². The van der Waals surface area contributed by atoms with Crippen LogP contribution in [0.1, 0.15) is 17.3 Å². The summed E-state index contributed by atoms with van der Waals surface area (Å²) in [5.74, 6) is -10.2. The van der Waals surface area contributed by atoms with Crippen molar-refractivity contribution in [2.75, 3.05) is 0 Å². The minimum atomic E-state index is -2.99. The summed E-state index contributed by atoms with van der Waals surface area (Å²) >= 11 is 0. The van der Waals surface area contributed by atoms with Gasteiger partial charge in [-0.15, -0.1) is 0 Å². The van der Waals surface area contributed by atoms with Crippen molar-refractivity contribution in [1.82, 2.24) is 0 Å². The first-order valence-electron chi connectivity index (χ1n) is 4.37. The Morgan fingerprint density at radius 2 is 1.41 bits per heavy atom. The largest absolute Gasteiger partial charge is 0.239 e. The average Bonchev–Trinajstić information content (AvgIpc) is 2.30. The Kier molecular flexibility index (Phi) is 2.63. The molecule has 0 fully saturated rings. The monoisotopic (exact) mass is 256 g/mol. The summed E-state index contributed by atoms with van der Waals surface area (Å²) in [6.45, 7) is 0. The normalized spacial score (nSPS) is 23.9. The van der Waals surface area contributed by atoms with E-state index in [0.717, 1.165) is 0 Å². The molecule has 1 aliphatic carbocycles. The SMILES string of the molecule is FC1=C(F)C(F)C(F)c2cc(F)c(F)c(F)c21. The van der Waals surface area contributed by atoms with Crippen LogP contribution in [-0.2, 0) is 0 Å². The van der Waals surface area contributed by atoms with Crippen molar-refractivity contribution in [2.45, 2.75) is 12.3 Å². The lowest BCUT2D eigenvalue weighted by Crippen LogP contribution is -2.20. The third-order valence-electron chi connectivity index (χ3n) is 2.42. The van der Waals surface area contributed by atoms with Crippen LogP contribution in [0.15, 0.2) is 11.9 Å². The van der Waals surface area contributed by atoms with Gasteiger partial charge in [0.1, 0.15) is 0 Å². The van der Waals surface area contributed by atoms with Crippen LogP contribution in [0.2, 0.25) is 0 Å². The molecule has 0 nitrogen and oxygen atoms in total. The first kappa shape index (κ1) is 11.9. The lowest BCUT2D eigenvalue weighted by molar-refractivity contribution is 0.167. The zero-order valence-corrected chi connectivity index (χ0v) is 7.88. The molecule has 2 unspecified atom stereocenters. The number of alkyl halides is 2. The van der Waals surface area contributed by atoms with Gasteiger partial charge in [0, 0.05) is 5.56 Å². The van der Waals surface area contributed by atoms with E-state index >= 15 is 0 Å². The number of allylic oxidation sites excluding steroid dienone is 1. The number of rotatable bonds is 0. The Bertz CT molecular complexity index is 520. The van der Waals surface area contributed by atoms with Gasteiger partial charge in [0.05, 0.1) is 5.56 Å². The van der Waals surface area contributed by atoms with Gasteiger partial charge in [-0.05, 0) is 6.07 Å². The molecule has 17 heavy (non-hydrogen) atoms. The second kappa shape index (κ2) is 3.75. The van der Waals surface area contributed by atoms with E-state index in [9.17, 15) is 30.7 Å². The predicted octanol–water partition coefficient (Wildman–Crippen LogP) is 4.07. The second-order valence-corrected chi connectivity index (χ2v) is 3.42. The second-order valence-electron chi connectivity index (χ2n) is 3.42. The fourth-order valence-electron chi connectivity index (χ4n) is 1.58. The van der Waals surface area contributed by atoms with Gasteiger partial charge in [-0.2, -0.15) is 0 Å². The molecule has 0 aliphatic heterocycles. The summed E-state index contributed by atoms with van der Waals surface area (Å²) < 4.78 is 90.7. The van der Waals surface area contributed by atoms with Crippen LogP contribution in [0.3, 0.4) is 0 Å². The smallest absolute Gasteiger partial charge is 0.195 e. The van der Waals surface area contributed by atoms with Crippen molar-refractivity contribution >= 4 is 5.83 Å². The number of fused-ring (bicyclic) bond motifs is 1. The van der Waals surface area contributed by atoms with Gasteiger partial charge in [0.25, 0.3) is 0 Å². The summed E-state index contributed by atoms with van der Waals surface area (Å²) in [4.78, 5) is 0. The maximum absolute atomic E-state index is 13.2. The molecule has 0 aromatic heterocycles. The molecule has 92 valence electrons. The zero-order valence-electron chi connectivity index (χ0n) is 7.88. The van der Waals surface area contributed by atoms with Crippen molar-refractivity contribution in [1.29, 1.82) is 0 Å². The van der Waals surface area contributed by atoms with Crippen LogP contribution >= 0.6 is 0 Å². The number of halogens is 7. The Morgan fingerprint density at radius 3 is 2.00 bits per heavy atom. The highest BCUT2D eigenvalue weighted by atomic mass is 19.2. The topological polar surface area (TPSA) is 0 Å². The third kappa shape index (κ3) is 1.52. The molecule has 0 heterocycles. The van der Waals surface area contributed by atoms with Gasteiger partial charge in [-0.3, -0.25) is 0 Å². The van der Waals surface area contributed by atoms with E-state index in [1.807, 2.05) is 0 Å². The molecule has 0 amide bonds. The van der Waals surface area contributed by atoms with Gasteiger partial charge in [0.15, 0.2) is 41.4 Å². The fraction of sp³-hybridized carbons (Fsp3) is 0.200. The van der Waals surface area contributed by atoms with Crippen LogP contribution in [0.4, 0.5) is 30.7 Å². The Hall–Kier alpha value is -1.53. The van der Waals surface area contributed by atoms with Crippen molar-refractivity contribution in [2.24, 2.45) is 0 Å². The highest BCUT2D eigenvalue weighted by molar-refractivity contribution is 5.69. The minimum Gasteiger partial charge on any atom is -0.239 e. The van der Waals surface area contributed by atoms with Crippen LogP contribution in [-0.4, -0.2) is 6.17 Å². The Morgan fingerprint density at radius 1 is 0.824 bits per heavy atom. The van der Waals surface area contributed by atoms with Gasteiger partial charge >= 0.3 is 0 Å². The first-order valence-corrected chi connectivity index (χ1v) is 4.37. The molecule has 0 saturated carbocycles. The summed E-state index contributed by atoms with van der Waals surface area (Å²) in [5.41, 5.74) is -2.50. The molecule has 1 aromatic carbocycles. The van der Waals surface area contributed by atoms with Crippen LogP contribution in [0.5, 0.6) is 0 Å². The van der Waals surface area contributed by atoms with E-state index < -0.39 is 52.6 Å². The molecule has 2 rings (SSSR count). The van der Waals surface area contributed by atoms with Crippen molar-refractivity contribution in [3.05, 3.63) is 40.5 Å². The molecule has 0 radical (unpaired) electrons. The maximum atomic E-state index is 13.2. The summed E-state index contributed by atoms with van der Waals surface area (Å²) in [6, 6.07) is 0.108. The van der Waals surface area contributed by atoms with E-state index in [4.69, 9.17) is 0 Å². The predicted molar refractivity (Wildman–Crippen MR) is 44.2 cm³/mol. The number of hydrogen-bond acceptors (Lipinski definition) is 0. The fourth-order valence-corrected chi connectivity index (χ4v) is 1.58. The lowest BCUT2D eigenvalue weighted by Gasteiger charge is -2.22. The molecule has 0 saturated heterocycles. The van der Waals surface area contributed by atoms with Crippen molar-refractivity contribution in [3.8, 4) is 0 Å². The molecule has 1 aliphatic rings. The highest BCUT2D eigenvalue weighted by Gasteiger charge is 2.40. The molecule has 2 atom stereocenters. The standard InChI is InChI=1S/C10H3F7/c11-3-1-2-4(7(14)6(3)13)8(15)10(17)9(16)5(2)12/h1,5,9H. The Balaban J connectivity index is 2.82. The lowest BCUT2D eigenvalue weighted by atomic mass is 9.92. The van der Waals surface area contributed by atoms with Crippen LogP contribution in [0.25, 0.3) is 5.83 Å². The quantitative estimate of drug-likeness (QED) is 0.484. The summed E-state index contributed by atoms with van der Waals surface area (Å²) in [5, 5.41) is 0. The molecular formula is C10H3F7. The van der Waals surface area contributed by atoms with Crippen molar-refractivity contribution < 1.29 is 30.7 Å².